The smallest absolute Gasteiger partial charge is 0.242 e. The molecule has 6 heteroatoms. The number of hydrogen-bond donors (Lipinski definition) is 1. The summed E-state index contributed by atoms with van der Waals surface area (Å²) in [5.74, 6) is 0.559. The Morgan fingerprint density at radius 3 is 2.67 bits per heavy atom. The van der Waals surface area contributed by atoms with Crippen LogP contribution < -0.4 is 5.73 Å². The van der Waals surface area contributed by atoms with E-state index >= 15 is 0 Å². The number of thiazole rings is 1. The van der Waals surface area contributed by atoms with Crippen LogP contribution in [0.15, 0.2) is 24.3 Å². The zero-order chi connectivity index (χ0) is 16.6. The van der Waals surface area contributed by atoms with E-state index in [-0.39, 0.29) is 5.91 Å². The first kappa shape index (κ1) is 16.0. The maximum Gasteiger partial charge on any atom is 0.242 e. The van der Waals surface area contributed by atoms with Crippen LogP contribution in [0.3, 0.4) is 0 Å². The van der Waals surface area contributed by atoms with Crippen LogP contribution in [0.25, 0.3) is 10.2 Å². The zero-order valence-corrected chi connectivity index (χ0v) is 14.6. The van der Waals surface area contributed by atoms with E-state index in [2.05, 4.69) is 18.2 Å². The first-order valence-corrected chi connectivity index (χ1v) is 9.49. The van der Waals surface area contributed by atoms with Crippen LogP contribution in [0, 0.1) is 0 Å². The number of nitrogens with zero attached hydrogens (tertiary/aromatic N) is 2. The van der Waals surface area contributed by atoms with Crippen molar-refractivity contribution in [2.45, 2.75) is 37.1 Å². The second kappa shape index (κ2) is 6.43. The molecule has 2 aromatic rings. The molecule has 2 aliphatic rings. The normalized spacial score (nSPS) is 22.0. The third kappa shape index (κ3) is 2.94. The maximum atomic E-state index is 12.8. The van der Waals surface area contributed by atoms with Crippen molar-refractivity contribution in [1.82, 2.24) is 9.88 Å². The highest BCUT2D eigenvalue weighted by Gasteiger charge is 2.40. The second-order valence-electron chi connectivity index (χ2n) is 6.85. The number of carbonyl (C=O) groups excluding carboxylic acids is 1. The van der Waals surface area contributed by atoms with Gasteiger partial charge in [-0.05, 0) is 37.8 Å². The fraction of sp³-hybridized carbons (Fsp3) is 0.556. The van der Waals surface area contributed by atoms with Gasteiger partial charge in [-0.1, -0.05) is 12.1 Å². The van der Waals surface area contributed by atoms with Gasteiger partial charge in [0.2, 0.25) is 5.91 Å². The maximum absolute atomic E-state index is 12.8. The molecule has 1 aromatic carbocycles. The van der Waals surface area contributed by atoms with Gasteiger partial charge in [0, 0.05) is 32.2 Å². The van der Waals surface area contributed by atoms with Crippen molar-refractivity contribution in [2.24, 2.45) is 5.73 Å². The highest BCUT2D eigenvalue weighted by molar-refractivity contribution is 7.18. The molecule has 2 aliphatic heterocycles. The summed E-state index contributed by atoms with van der Waals surface area (Å²) in [4.78, 5) is 19.5. The fourth-order valence-electron chi connectivity index (χ4n) is 3.66. The van der Waals surface area contributed by atoms with Crippen LogP contribution in [-0.4, -0.2) is 47.6 Å². The van der Waals surface area contributed by atoms with Crippen LogP contribution in [-0.2, 0) is 9.53 Å². The summed E-state index contributed by atoms with van der Waals surface area (Å²) in [7, 11) is 0. The molecule has 1 aromatic heterocycles. The van der Waals surface area contributed by atoms with E-state index < -0.39 is 5.54 Å². The first-order chi connectivity index (χ1) is 11.7. The summed E-state index contributed by atoms with van der Waals surface area (Å²) >= 11 is 1.78. The third-order valence-corrected chi connectivity index (χ3v) is 6.45. The Kier molecular flexibility index (Phi) is 4.28. The summed E-state index contributed by atoms with van der Waals surface area (Å²) in [6.07, 6.45) is 3.20. The van der Waals surface area contributed by atoms with Gasteiger partial charge >= 0.3 is 0 Å². The Balaban J connectivity index is 1.42. The molecule has 0 unspecified atom stereocenters. The summed E-state index contributed by atoms with van der Waals surface area (Å²) in [6.45, 7) is 2.73. The van der Waals surface area contributed by atoms with Crippen molar-refractivity contribution in [1.29, 1.82) is 0 Å². The number of ether oxygens (including phenoxy) is 1. The number of nitrogens with two attached hydrogens (primary N) is 1. The summed E-state index contributed by atoms with van der Waals surface area (Å²) in [5.41, 5.74) is 6.71. The van der Waals surface area contributed by atoms with Crippen molar-refractivity contribution in [3.63, 3.8) is 0 Å². The van der Waals surface area contributed by atoms with E-state index in [1.165, 1.54) is 9.71 Å². The molecule has 1 amide bonds. The van der Waals surface area contributed by atoms with Gasteiger partial charge in [0.15, 0.2) is 0 Å². The number of benzene rings is 1. The van der Waals surface area contributed by atoms with E-state index in [1.807, 2.05) is 11.0 Å². The van der Waals surface area contributed by atoms with Crippen molar-refractivity contribution < 1.29 is 9.53 Å². The Labute approximate surface area is 145 Å². The number of hydrogen-bond acceptors (Lipinski definition) is 5. The van der Waals surface area contributed by atoms with E-state index in [4.69, 9.17) is 15.5 Å². The molecular weight excluding hydrogens is 322 g/mol. The van der Waals surface area contributed by atoms with Gasteiger partial charge in [0.25, 0.3) is 0 Å². The fourth-order valence-corrected chi connectivity index (χ4v) is 4.80. The molecule has 2 N–H and O–H groups in total. The third-order valence-electron chi connectivity index (χ3n) is 5.25. The highest BCUT2D eigenvalue weighted by Crippen LogP contribution is 2.34. The zero-order valence-electron chi connectivity index (χ0n) is 13.7. The monoisotopic (exact) mass is 345 g/mol. The van der Waals surface area contributed by atoms with Crippen molar-refractivity contribution in [2.75, 3.05) is 26.3 Å². The number of aromatic nitrogens is 1. The van der Waals surface area contributed by atoms with Crippen LogP contribution in [0.4, 0.5) is 0 Å². The minimum Gasteiger partial charge on any atom is -0.381 e. The first-order valence-electron chi connectivity index (χ1n) is 8.67. The SMILES string of the molecule is NC1(C(=O)N2CCC(c3nc4ccccc4s3)CC2)CCOCC1. The van der Waals surface area contributed by atoms with Gasteiger partial charge in [-0.15, -0.1) is 11.3 Å². The molecule has 2 fully saturated rings. The molecule has 0 saturated carbocycles. The Morgan fingerprint density at radius 1 is 1.25 bits per heavy atom. The lowest BCUT2D eigenvalue weighted by molar-refractivity contribution is -0.141. The molecule has 0 radical (unpaired) electrons. The molecular formula is C18H23N3O2S. The highest BCUT2D eigenvalue weighted by atomic mass is 32.1. The summed E-state index contributed by atoms with van der Waals surface area (Å²) in [5, 5.41) is 1.21. The number of para-hydroxylation sites is 1. The number of amides is 1. The molecule has 2 saturated heterocycles. The van der Waals surface area contributed by atoms with E-state index in [1.54, 1.807) is 11.3 Å². The Bertz CT molecular complexity index is 698. The second-order valence-corrected chi connectivity index (χ2v) is 7.92. The molecule has 0 spiro atoms. The average Bonchev–Trinajstić information content (AvgIpc) is 3.06. The molecule has 3 heterocycles. The van der Waals surface area contributed by atoms with E-state index in [9.17, 15) is 4.79 Å². The number of likely N-dealkylation sites (tertiary alicyclic amines) is 1. The largest absolute Gasteiger partial charge is 0.381 e. The molecule has 24 heavy (non-hydrogen) atoms. The van der Waals surface area contributed by atoms with E-state index in [0.717, 1.165) is 31.4 Å². The van der Waals surface area contributed by atoms with Gasteiger partial charge in [0.05, 0.1) is 20.8 Å². The van der Waals surface area contributed by atoms with Crippen LogP contribution in [0.2, 0.25) is 0 Å². The lowest BCUT2D eigenvalue weighted by Gasteiger charge is -2.39. The van der Waals surface area contributed by atoms with Gasteiger partial charge in [-0.3, -0.25) is 4.79 Å². The minimum atomic E-state index is -0.721. The molecule has 0 aliphatic carbocycles. The quantitative estimate of drug-likeness (QED) is 0.908. The molecule has 5 nitrogen and oxygen atoms in total. The van der Waals surface area contributed by atoms with Gasteiger partial charge in [-0.2, -0.15) is 0 Å². The number of fused-ring (bicyclic) bond motifs is 1. The standard InChI is InChI=1S/C18H23N3O2S/c19-18(7-11-23-12-8-18)17(22)21-9-5-13(6-10-21)16-20-14-3-1-2-4-15(14)24-16/h1-4,13H,5-12,19H2. The summed E-state index contributed by atoms with van der Waals surface area (Å²) < 4.78 is 6.59. The topological polar surface area (TPSA) is 68.5 Å². The van der Waals surface area contributed by atoms with Crippen LogP contribution >= 0.6 is 11.3 Å². The number of piperidine rings is 1. The van der Waals surface area contributed by atoms with Crippen LogP contribution in [0.1, 0.15) is 36.6 Å². The van der Waals surface area contributed by atoms with Crippen LogP contribution in [0.5, 0.6) is 0 Å². The Hall–Kier alpha value is -1.50. The van der Waals surface area contributed by atoms with E-state index in [0.29, 0.717) is 32.0 Å². The van der Waals surface area contributed by atoms with Crippen molar-refractivity contribution >= 4 is 27.5 Å². The molecule has 0 atom stereocenters. The number of rotatable bonds is 2. The van der Waals surface area contributed by atoms with Gasteiger partial charge in [-0.25, -0.2) is 4.98 Å². The van der Waals surface area contributed by atoms with Crippen molar-refractivity contribution in [3.05, 3.63) is 29.3 Å². The minimum absolute atomic E-state index is 0.105. The number of carbonyl (C=O) groups is 1. The predicted molar refractivity (Wildman–Crippen MR) is 95.1 cm³/mol. The lowest BCUT2D eigenvalue weighted by Crippen LogP contribution is -2.59. The predicted octanol–water partition coefficient (Wildman–Crippen LogP) is 2.51. The lowest BCUT2D eigenvalue weighted by atomic mass is 9.88. The summed E-state index contributed by atoms with van der Waals surface area (Å²) in [6, 6.07) is 8.28. The van der Waals surface area contributed by atoms with Crippen molar-refractivity contribution in [3.8, 4) is 0 Å². The molecule has 0 bridgehead atoms. The Morgan fingerprint density at radius 2 is 1.96 bits per heavy atom. The van der Waals surface area contributed by atoms with Gasteiger partial charge in [0.1, 0.15) is 0 Å². The average molecular weight is 345 g/mol. The molecule has 128 valence electrons. The molecule has 4 rings (SSSR count). The van der Waals surface area contributed by atoms with Gasteiger partial charge < -0.3 is 15.4 Å².